The fourth-order valence-corrected chi connectivity index (χ4v) is 3.95. The SMILES string of the molecule is [2H]C([2H])([2H])Oc1c([C@H]2[C@H](C(=O)Nc3ccc([C@H](O)CN)nc3)O[C@@](C)(C(F)(F)F)[C@H]2C)ccc(F)c1F. The predicted octanol–water partition coefficient (Wildman–Crippen LogP) is 3.44. The molecule has 2 aromatic rings. The van der Waals surface area contributed by atoms with Crippen LogP contribution >= 0.6 is 0 Å². The minimum absolute atomic E-state index is 0.0258. The molecule has 0 spiro atoms. The molecule has 1 aromatic carbocycles. The fourth-order valence-electron chi connectivity index (χ4n) is 3.95. The molecule has 1 aliphatic rings. The second-order valence-electron chi connectivity index (χ2n) is 8.05. The Hall–Kier alpha value is -2.83. The van der Waals surface area contributed by atoms with E-state index in [1.807, 2.05) is 0 Å². The average Bonchev–Trinajstić information content (AvgIpc) is 3.08. The molecule has 1 aromatic heterocycles. The number of nitrogens with one attached hydrogen (secondary N) is 1. The Morgan fingerprint density at radius 2 is 2.09 bits per heavy atom. The van der Waals surface area contributed by atoms with Crippen LogP contribution in [0.3, 0.4) is 0 Å². The number of methoxy groups -OCH3 is 1. The molecular weight excluding hydrogens is 465 g/mol. The maximum absolute atomic E-state index is 14.7. The number of anilines is 1. The summed E-state index contributed by atoms with van der Waals surface area (Å²) in [4.78, 5) is 17.1. The van der Waals surface area contributed by atoms with Gasteiger partial charge in [0.25, 0.3) is 5.91 Å². The summed E-state index contributed by atoms with van der Waals surface area (Å²) in [5.74, 6) is -8.66. The number of rotatable bonds is 6. The summed E-state index contributed by atoms with van der Waals surface area (Å²) in [6, 6.07) is 4.10. The maximum Gasteiger partial charge on any atom is 0.417 e. The molecule has 3 rings (SSSR count). The summed E-state index contributed by atoms with van der Waals surface area (Å²) in [6.07, 6.45) is -6.88. The Morgan fingerprint density at radius 3 is 2.65 bits per heavy atom. The van der Waals surface area contributed by atoms with Crippen molar-refractivity contribution in [2.24, 2.45) is 11.7 Å². The summed E-state index contributed by atoms with van der Waals surface area (Å²) in [7, 11) is -3.28. The van der Waals surface area contributed by atoms with Gasteiger partial charge in [0.15, 0.2) is 17.2 Å². The molecule has 2 heterocycles. The van der Waals surface area contributed by atoms with Crippen LogP contribution in [0.4, 0.5) is 27.6 Å². The van der Waals surface area contributed by atoms with Crippen molar-refractivity contribution in [3.63, 3.8) is 0 Å². The molecule has 5 atom stereocenters. The monoisotopic (exact) mass is 492 g/mol. The van der Waals surface area contributed by atoms with Gasteiger partial charge in [0, 0.05) is 23.9 Å². The van der Waals surface area contributed by atoms with Crippen LogP contribution in [-0.2, 0) is 9.53 Å². The standard InChI is InChI=1S/C22H24F5N3O4/c1-10-16(12-5-6-13(23)17(24)18(12)33-3)19(34-21(10,2)22(25,26)27)20(32)30-11-4-7-14(29-9-11)15(31)8-28/h4-7,9-10,15-16,19,31H,8,28H2,1-3H3,(H,30,32)/t10-,15+,16-,19+,21+/m0/s1/i3D3. The molecule has 34 heavy (non-hydrogen) atoms. The van der Waals surface area contributed by atoms with Gasteiger partial charge in [-0.15, -0.1) is 0 Å². The number of carbonyl (C=O) groups is 1. The van der Waals surface area contributed by atoms with E-state index in [-0.39, 0.29) is 17.9 Å². The molecule has 0 radical (unpaired) electrons. The lowest BCUT2D eigenvalue weighted by Crippen LogP contribution is -2.47. The predicted molar refractivity (Wildman–Crippen MR) is 111 cm³/mol. The Morgan fingerprint density at radius 1 is 1.38 bits per heavy atom. The van der Waals surface area contributed by atoms with E-state index in [0.29, 0.717) is 13.0 Å². The number of carbonyl (C=O) groups excluding carboxylic acids is 1. The van der Waals surface area contributed by atoms with E-state index in [4.69, 9.17) is 14.6 Å². The highest BCUT2D eigenvalue weighted by molar-refractivity contribution is 5.95. The minimum atomic E-state index is -5.00. The van der Waals surface area contributed by atoms with Crippen LogP contribution in [0.1, 0.15) is 41.2 Å². The fraction of sp³-hybridized carbons (Fsp3) is 0.455. The number of aliphatic hydroxyl groups excluding tert-OH is 1. The van der Waals surface area contributed by atoms with E-state index in [1.54, 1.807) is 0 Å². The third kappa shape index (κ3) is 4.44. The number of aliphatic hydroxyl groups is 1. The van der Waals surface area contributed by atoms with Crippen LogP contribution in [0, 0.1) is 17.6 Å². The summed E-state index contributed by atoms with van der Waals surface area (Å²) in [6.45, 7) is 1.67. The second kappa shape index (κ2) is 9.43. The molecule has 1 aliphatic heterocycles. The van der Waals surface area contributed by atoms with Gasteiger partial charge in [-0.2, -0.15) is 17.6 Å². The van der Waals surface area contributed by atoms with E-state index in [1.165, 1.54) is 12.1 Å². The normalized spacial score (nSPS) is 27.4. The molecule has 1 amide bonds. The van der Waals surface area contributed by atoms with Gasteiger partial charge in [0.1, 0.15) is 12.2 Å². The first-order chi connectivity index (χ1) is 17.0. The zero-order valence-electron chi connectivity index (χ0n) is 21.0. The quantitative estimate of drug-likeness (QED) is 0.534. The smallest absolute Gasteiger partial charge is 0.417 e. The zero-order chi connectivity index (χ0) is 27.9. The van der Waals surface area contributed by atoms with Crippen molar-refractivity contribution in [3.8, 4) is 5.75 Å². The summed E-state index contributed by atoms with van der Waals surface area (Å²) in [5.41, 5.74) is 2.15. The maximum atomic E-state index is 14.7. The van der Waals surface area contributed by atoms with Crippen molar-refractivity contribution in [2.45, 2.75) is 43.8 Å². The molecule has 0 saturated carbocycles. The van der Waals surface area contributed by atoms with E-state index in [9.17, 15) is 31.9 Å². The molecule has 0 bridgehead atoms. The first-order valence-corrected chi connectivity index (χ1v) is 10.1. The lowest BCUT2D eigenvalue weighted by molar-refractivity contribution is -0.272. The van der Waals surface area contributed by atoms with Gasteiger partial charge >= 0.3 is 6.18 Å². The number of hydrogen-bond donors (Lipinski definition) is 3. The molecular formula is C22H24F5N3O4. The second-order valence-corrected chi connectivity index (χ2v) is 8.05. The number of pyridine rings is 1. The molecule has 0 unspecified atom stereocenters. The van der Waals surface area contributed by atoms with E-state index < -0.39 is 71.7 Å². The largest absolute Gasteiger partial charge is 0.493 e. The van der Waals surface area contributed by atoms with E-state index in [2.05, 4.69) is 15.0 Å². The van der Waals surface area contributed by atoms with Gasteiger partial charge in [-0.05, 0) is 25.1 Å². The number of hydrogen-bond acceptors (Lipinski definition) is 6. The van der Waals surface area contributed by atoms with Crippen molar-refractivity contribution in [1.29, 1.82) is 0 Å². The number of ether oxygens (including phenoxy) is 2. The molecule has 7 nitrogen and oxygen atoms in total. The van der Waals surface area contributed by atoms with Crippen LogP contribution in [0.5, 0.6) is 5.75 Å². The lowest BCUT2D eigenvalue weighted by Gasteiger charge is -2.32. The summed E-state index contributed by atoms with van der Waals surface area (Å²) in [5, 5.41) is 12.1. The number of nitrogens with two attached hydrogens (primary N) is 1. The lowest BCUT2D eigenvalue weighted by atomic mass is 9.77. The number of benzene rings is 1. The van der Waals surface area contributed by atoms with Gasteiger partial charge in [0.05, 0.1) is 28.7 Å². The third-order valence-electron chi connectivity index (χ3n) is 6.09. The Labute approximate surface area is 196 Å². The topological polar surface area (TPSA) is 107 Å². The Balaban J connectivity index is 2.07. The van der Waals surface area contributed by atoms with Crippen molar-refractivity contribution >= 4 is 11.6 Å². The van der Waals surface area contributed by atoms with Gasteiger partial charge in [-0.3, -0.25) is 9.78 Å². The summed E-state index contributed by atoms with van der Waals surface area (Å²) < 4.78 is 102. The van der Waals surface area contributed by atoms with Crippen LogP contribution in [-0.4, -0.2) is 47.5 Å². The Bertz CT molecular complexity index is 1150. The number of amides is 1. The van der Waals surface area contributed by atoms with Gasteiger partial charge in [-0.1, -0.05) is 13.0 Å². The number of alkyl halides is 3. The van der Waals surface area contributed by atoms with Crippen LogP contribution < -0.4 is 15.8 Å². The van der Waals surface area contributed by atoms with E-state index >= 15 is 0 Å². The van der Waals surface area contributed by atoms with Crippen LogP contribution in [0.2, 0.25) is 0 Å². The van der Waals surface area contributed by atoms with Gasteiger partial charge in [0.2, 0.25) is 5.82 Å². The number of halogens is 5. The molecule has 4 N–H and O–H groups in total. The van der Waals surface area contributed by atoms with Crippen molar-refractivity contribution < 1.29 is 45.4 Å². The highest BCUT2D eigenvalue weighted by atomic mass is 19.4. The number of nitrogens with zero attached hydrogens (tertiary/aromatic N) is 1. The van der Waals surface area contributed by atoms with Gasteiger partial charge in [-0.25, -0.2) is 4.39 Å². The van der Waals surface area contributed by atoms with Crippen molar-refractivity contribution in [1.82, 2.24) is 4.98 Å². The van der Waals surface area contributed by atoms with Crippen LogP contribution in [0.25, 0.3) is 0 Å². The van der Waals surface area contributed by atoms with Gasteiger partial charge < -0.3 is 25.6 Å². The molecule has 12 heteroatoms. The first kappa shape index (κ1) is 21.7. The van der Waals surface area contributed by atoms with Crippen molar-refractivity contribution in [2.75, 3.05) is 18.9 Å². The van der Waals surface area contributed by atoms with Crippen LogP contribution in [0.15, 0.2) is 30.5 Å². The molecule has 0 aliphatic carbocycles. The molecule has 186 valence electrons. The Kier molecular flexibility index (Phi) is 6.02. The minimum Gasteiger partial charge on any atom is -0.493 e. The van der Waals surface area contributed by atoms with E-state index in [0.717, 1.165) is 19.2 Å². The third-order valence-corrected chi connectivity index (χ3v) is 6.09. The average molecular weight is 492 g/mol. The van der Waals surface area contributed by atoms with Crippen molar-refractivity contribution in [3.05, 3.63) is 53.4 Å². The zero-order valence-corrected chi connectivity index (χ0v) is 18.0. The summed E-state index contributed by atoms with van der Waals surface area (Å²) >= 11 is 0. The molecule has 1 saturated heterocycles. The molecule has 1 fully saturated rings. The first-order valence-electron chi connectivity index (χ1n) is 11.6. The highest BCUT2D eigenvalue weighted by Gasteiger charge is 2.65. The highest BCUT2D eigenvalue weighted by Crippen LogP contribution is 2.55. The number of aromatic nitrogens is 1.